The van der Waals surface area contributed by atoms with E-state index in [-0.39, 0.29) is 0 Å². The van der Waals surface area contributed by atoms with Crippen LogP contribution in [0.25, 0.3) is 0 Å². The van der Waals surface area contributed by atoms with Crippen LogP contribution in [-0.2, 0) is 0 Å². The molecule has 0 aliphatic heterocycles. The molecule has 0 saturated heterocycles. The molecule has 0 radical (unpaired) electrons. The van der Waals surface area contributed by atoms with Gasteiger partial charge in [-0.3, -0.25) is 0 Å². The van der Waals surface area contributed by atoms with Gasteiger partial charge in [-0.25, -0.2) is 0 Å². The molecule has 4 heteroatoms. The number of nitrogens with zero attached hydrogens (tertiary/aromatic N) is 2. The van der Waals surface area contributed by atoms with Crippen molar-refractivity contribution >= 4 is 11.5 Å². The van der Waals surface area contributed by atoms with Gasteiger partial charge in [-0.2, -0.15) is 4.98 Å². The largest absolute Gasteiger partial charge is 0.476 e. The number of nitrogen functional groups attached to an aromatic ring is 1. The molecule has 0 amide bonds. The molecule has 1 aromatic rings. The summed E-state index contributed by atoms with van der Waals surface area (Å²) in [5.41, 5.74) is 6.45. The van der Waals surface area contributed by atoms with Crippen LogP contribution in [0.4, 0.5) is 11.5 Å². The van der Waals surface area contributed by atoms with Gasteiger partial charge in [-0.05, 0) is 37.8 Å². The van der Waals surface area contributed by atoms with E-state index in [1.54, 1.807) is 0 Å². The molecule has 0 unspecified atom stereocenters. The average Bonchev–Trinajstić information content (AvgIpc) is 3.11. The number of ether oxygens (including phenoxy) is 1. The minimum Gasteiger partial charge on any atom is -0.476 e. The zero-order valence-electron chi connectivity index (χ0n) is 9.94. The zero-order chi connectivity index (χ0) is 11.5. The fourth-order valence-electron chi connectivity index (χ4n) is 1.41. The van der Waals surface area contributed by atoms with Gasteiger partial charge in [0.25, 0.3) is 0 Å². The highest BCUT2D eigenvalue weighted by Crippen LogP contribution is 2.30. The van der Waals surface area contributed by atoms with Crippen molar-refractivity contribution in [3.8, 4) is 5.88 Å². The number of hydrogen-bond acceptors (Lipinski definition) is 4. The van der Waals surface area contributed by atoms with E-state index in [0.717, 1.165) is 19.0 Å². The van der Waals surface area contributed by atoms with Crippen molar-refractivity contribution in [2.75, 3.05) is 30.8 Å². The minimum atomic E-state index is 0.574. The number of hydrogen-bond donors (Lipinski definition) is 1. The summed E-state index contributed by atoms with van der Waals surface area (Å²) in [5, 5.41) is 0. The SMILES string of the molecule is CCN(C)c1ccc(N)c(OCC2CC2)n1. The monoisotopic (exact) mass is 221 g/mol. The van der Waals surface area contributed by atoms with Crippen molar-refractivity contribution in [3.05, 3.63) is 12.1 Å². The summed E-state index contributed by atoms with van der Waals surface area (Å²) in [7, 11) is 2.00. The summed E-state index contributed by atoms with van der Waals surface area (Å²) in [6.45, 7) is 3.75. The predicted octanol–water partition coefficient (Wildman–Crippen LogP) is 1.91. The molecule has 88 valence electrons. The van der Waals surface area contributed by atoms with Gasteiger partial charge in [-0.15, -0.1) is 0 Å². The highest BCUT2D eigenvalue weighted by molar-refractivity contribution is 5.54. The Morgan fingerprint density at radius 1 is 1.50 bits per heavy atom. The van der Waals surface area contributed by atoms with Crippen molar-refractivity contribution in [3.63, 3.8) is 0 Å². The van der Waals surface area contributed by atoms with Gasteiger partial charge in [0.05, 0.1) is 12.3 Å². The lowest BCUT2D eigenvalue weighted by molar-refractivity contribution is 0.290. The standard InChI is InChI=1S/C12H19N3O/c1-3-15(2)11-7-6-10(13)12(14-11)16-8-9-4-5-9/h6-7,9H,3-5,8,13H2,1-2H3. The van der Waals surface area contributed by atoms with E-state index >= 15 is 0 Å². The van der Waals surface area contributed by atoms with Gasteiger partial charge in [0.2, 0.25) is 5.88 Å². The maximum atomic E-state index is 5.83. The number of nitrogens with two attached hydrogens (primary N) is 1. The van der Waals surface area contributed by atoms with Gasteiger partial charge < -0.3 is 15.4 Å². The molecule has 0 bridgehead atoms. The summed E-state index contributed by atoms with van der Waals surface area (Å²) >= 11 is 0. The van der Waals surface area contributed by atoms with Crippen LogP contribution in [-0.4, -0.2) is 25.2 Å². The van der Waals surface area contributed by atoms with Gasteiger partial charge >= 0.3 is 0 Å². The van der Waals surface area contributed by atoms with Crippen LogP contribution in [0, 0.1) is 5.92 Å². The van der Waals surface area contributed by atoms with Crippen molar-refractivity contribution < 1.29 is 4.74 Å². The molecule has 2 rings (SSSR count). The first-order chi connectivity index (χ1) is 7.70. The summed E-state index contributed by atoms with van der Waals surface area (Å²) < 4.78 is 5.63. The molecule has 1 heterocycles. The van der Waals surface area contributed by atoms with E-state index in [1.165, 1.54) is 12.8 Å². The fraction of sp³-hybridized carbons (Fsp3) is 0.583. The predicted molar refractivity (Wildman–Crippen MR) is 65.8 cm³/mol. The Labute approximate surface area is 96.4 Å². The number of anilines is 2. The van der Waals surface area contributed by atoms with Gasteiger partial charge in [0, 0.05) is 13.6 Å². The molecule has 1 aliphatic rings. The fourth-order valence-corrected chi connectivity index (χ4v) is 1.41. The molecule has 1 aromatic heterocycles. The van der Waals surface area contributed by atoms with Crippen LogP contribution in [0.15, 0.2) is 12.1 Å². The molecule has 1 aliphatic carbocycles. The number of rotatable bonds is 5. The molecular weight excluding hydrogens is 202 g/mol. The molecule has 0 aromatic carbocycles. The first-order valence-electron chi connectivity index (χ1n) is 5.81. The van der Waals surface area contributed by atoms with E-state index in [0.29, 0.717) is 17.5 Å². The average molecular weight is 221 g/mol. The van der Waals surface area contributed by atoms with Crippen molar-refractivity contribution in [2.24, 2.45) is 5.92 Å². The van der Waals surface area contributed by atoms with Gasteiger partial charge in [0.15, 0.2) is 0 Å². The molecule has 1 fully saturated rings. The van der Waals surface area contributed by atoms with E-state index in [1.807, 2.05) is 19.2 Å². The molecular formula is C12H19N3O. The molecule has 0 spiro atoms. The second kappa shape index (κ2) is 4.60. The normalized spacial score (nSPS) is 14.9. The Hall–Kier alpha value is -1.45. The van der Waals surface area contributed by atoms with Crippen LogP contribution in [0.2, 0.25) is 0 Å². The van der Waals surface area contributed by atoms with Crippen LogP contribution < -0.4 is 15.4 Å². The first-order valence-corrected chi connectivity index (χ1v) is 5.81. The number of aromatic nitrogens is 1. The molecule has 2 N–H and O–H groups in total. The van der Waals surface area contributed by atoms with E-state index in [9.17, 15) is 0 Å². The molecule has 16 heavy (non-hydrogen) atoms. The summed E-state index contributed by atoms with van der Waals surface area (Å²) in [6.07, 6.45) is 2.54. The van der Waals surface area contributed by atoms with E-state index in [2.05, 4.69) is 16.8 Å². The quantitative estimate of drug-likeness (QED) is 0.825. The van der Waals surface area contributed by atoms with E-state index < -0.39 is 0 Å². The lowest BCUT2D eigenvalue weighted by Gasteiger charge is -2.17. The third-order valence-corrected chi connectivity index (χ3v) is 2.89. The summed E-state index contributed by atoms with van der Waals surface area (Å²) in [6, 6.07) is 3.78. The summed E-state index contributed by atoms with van der Waals surface area (Å²) in [4.78, 5) is 6.48. The second-order valence-corrected chi connectivity index (χ2v) is 4.33. The highest BCUT2D eigenvalue weighted by atomic mass is 16.5. The molecule has 0 atom stereocenters. The first kappa shape index (κ1) is 11.0. The van der Waals surface area contributed by atoms with E-state index in [4.69, 9.17) is 10.5 Å². The smallest absolute Gasteiger partial charge is 0.239 e. The third-order valence-electron chi connectivity index (χ3n) is 2.89. The lowest BCUT2D eigenvalue weighted by atomic mass is 10.3. The Balaban J connectivity index is 2.07. The maximum Gasteiger partial charge on any atom is 0.239 e. The Bertz CT molecular complexity index is 363. The summed E-state index contributed by atoms with van der Waals surface area (Å²) in [5.74, 6) is 2.20. The third kappa shape index (κ3) is 2.56. The van der Waals surface area contributed by atoms with Crippen molar-refractivity contribution in [1.82, 2.24) is 4.98 Å². The van der Waals surface area contributed by atoms with Gasteiger partial charge in [0.1, 0.15) is 5.82 Å². The zero-order valence-corrected chi connectivity index (χ0v) is 9.94. The Kier molecular flexibility index (Phi) is 3.17. The second-order valence-electron chi connectivity index (χ2n) is 4.33. The Morgan fingerprint density at radius 3 is 2.88 bits per heavy atom. The van der Waals surface area contributed by atoms with Crippen molar-refractivity contribution in [1.29, 1.82) is 0 Å². The van der Waals surface area contributed by atoms with Crippen LogP contribution in [0.3, 0.4) is 0 Å². The maximum absolute atomic E-state index is 5.83. The van der Waals surface area contributed by atoms with Gasteiger partial charge in [-0.1, -0.05) is 0 Å². The molecule has 4 nitrogen and oxygen atoms in total. The number of pyridine rings is 1. The van der Waals surface area contributed by atoms with Crippen molar-refractivity contribution in [2.45, 2.75) is 19.8 Å². The Morgan fingerprint density at radius 2 is 2.25 bits per heavy atom. The highest BCUT2D eigenvalue weighted by Gasteiger charge is 2.22. The van der Waals surface area contributed by atoms with Crippen LogP contribution >= 0.6 is 0 Å². The van der Waals surface area contributed by atoms with Crippen LogP contribution in [0.1, 0.15) is 19.8 Å². The lowest BCUT2D eigenvalue weighted by Crippen LogP contribution is -2.17. The van der Waals surface area contributed by atoms with Crippen LogP contribution in [0.5, 0.6) is 5.88 Å². The topological polar surface area (TPSA) is 51.4 Å². The molecule has 1 saturated carbocycles. The minimum absolute atomic E-state index is 0.574.